The summed E-state index contributed by atoms with van der Waals surface area (Å²) in [5.74, 6) is -0.754. The number of phosphoric ester groups is 2. The summed E-state index contributed by atoms with van der Waals surface area (Å²) >= 11 is 0. The molecule has 2 unspecified atom stereocenters. The van der Waals surface area contributed by atoms with E-state index in [4.69, 9.17) is 37.0 Å². The number of unbranched alkanes of at least 4 members (excludes halogenated alkanes) is 39. The molecule has 0 saturated heterocycles. The van der Waals surface area contributed by atoms with E-state index in [9.17, 15) is 43.2 Å². The summed E-state index contributed by atoms with van der Waals surface area (Å²) in [5.41, 5.74) is 0. The molecule has 0 aliphatic rings. The summed E-state index contributed by atoms with van der Waals surface area (Å²) in [4.78, 5) is 72.4. The van der Waals surface area contributed by atoms with Gasteiger partial charge in [-0.1, -0.05) is 305 Å². The van der Waals surface area contributed by atoms with E-state index in [1.807, 2.05) is 0 Å². The number of aliphatic hydroxyl groups is 1. The van der Waals surface area contributed by atoms with E-state index in [2.05, 4.69) is 41.5 Å². The molecule has 89 heavy (non-hydrogen) atoms. The van der Waals surface area contributed by atoms with Crippen LogP contribution in [0.2, 0.25) is 0 Å². The van der Waals surface area contributed by atoms with Crippen LogP contribution in [0.3, 0.4) is 0 Å². The van der Waals surface area contributed by atoms with Crippen molar-refractivity contribution >= 4 is 39.5 Å². The zero-order valence-electron chi connectivity index (χ0n) is 57.7. The number of carbonyl (C=O) groups excluding carboxylic acids is 4. The number of esters is 4. The minimum atomic E-state index is -4.95. The molecule has 0 heterocycles. The topological polar surface area (TPSA) is 237 Å². The van der Waals surface area contributed by atoms with Crippen molar-refractivity contribution in [3.8, 4) is 0 Å². The monoisotopic (exact) mass is 1310 g/mol. The van der Waals surface area contributed by atoms with E-state index in [-0.39, 0.29) is 25.7 Å². The molecule has 0 spiro atoms. The maximum absolute atomic E-state index is 13.0. The van der Waals surface area contributed by atoms with Crippen LogP contribution in [0, 0.1) is 11.8 Å². The number of hydrogen-bond donors (Lipinski definition) is 3. The van der Waals surface area contributed by atoms with Gasteiger partial charge in [0.15, 0.2) is 12.2 Å². The van der Waals surface area contributed by atoms with Crippen LogP contribution in [0.4, 0.5) is 0 Å². The number of carbonyl (C=O) groups is 4. The molecule has 0 aromatic carbocycles. The minimum Gasteiger partial charge on any atom is -0.462 e. The summed E-state index contributed by atoms with van der Waals surface area (Å²) < 4.78 is 68.2. The third-order valence-corrected chi connectivity index (χ3v) is 18.1. The Hall–Kier alpha value is -1.94. The predicted octanol–water partition coefficient (Wildman–Crippen LogP) is 20.0. The third-order valence-electron chi connectivity index (χ3n) is 16.2. The van der Waals surface area contributed by atoms with Gasteiger partial charge in [-0.25, -0.2) is 9.13 Å². The Kier molecular flexibility index (Phi) is 60.8. The highest BCUT2D eigenvalue weighted by Crippen LogP contribution is 2.45. The van der Waals surface area contributed by atoms with Crippen LogP contribution < -0.4 is 0 Å². The molecule has 3 N–H and O–H groups in total. The lowest BCUT2D eigenvalue weighted by Gasteiger charge is -2.21. The zero-order valence-corrected chi connectivity index (χ0v) is 59.5. The van der Waals surface area contributed by atoms with Crippen molar-refractivity contribution in [3.05, 3.63) is 0 Å². The van der Waals surface area contributed by atoms with Crippen molar-refractivity contribution in [3.63, 3.8) is 0 Å². The highest BCUT2D eigenvalue weighted by atomic mass is 31.2. The standard InChI is InChI=1S/C70H136O17P2/c1-7-9-11-13-15-17-19-20-21-22-23-24-25-26-28-30-34-42-48-54-69(74)86-65(58-80-67(72)52-46-40-33-29-27-18-16-14-12-10-8-2)60-84-88(76,77)82-56-64(71)57-83-89(78,79)85-61-66(59-81-68(73)53-47-41-37-36-39-45-51-63(5)6)87-70(75)55-49-43-35-31-32-38-44-50-62(3)4/h62-66,71H,7-61H2,1-6H3,(H,76,77)(H,78,79)/t64-,65-,66-/m1/s1. The van der Waals surface area contributed by atoms with E-state index < -0.39 is 97.5 Å². The Morgan fingerprint density at radius 1 is 0.303 bits per heavy atom. The molecule has 19 heteroatoms. The maximum atomic E-state index is 13.0. The van der Waals surface area contributed by atoms with Crippen LogP contribution in [0.1, 0.15) is 356 Å². The molecule has 0 radical (unpaired) electrons. The van der Waals surface area contributed by atoms with Gasteiger partial charge in [-0.15, -0.1) is 0 Å². The molecule has 0 fully saturated rings. The van der Waals surface area contributed by atoms with Gasteiger partial charge in [0.25, 0.3) is 0 Å². The molecular weight excluding hydrogens is 1170 g/mol. The minimum absolute atomic E-state index is 0.102. The summed E-state index contributed by atoms with van der Waals surface area (Å²) in [6.45, 7) is 9.39. The average Bonchev–Trinajstić information content (AvgIpc) is 3.70. The van der Waals surface area contributed by atoms with Crippen molar-refractivity contribution in [2.24, 2.45) is 11.8 Å². The van der Waals surface area contributed by atoms with E-state index >= 15 is 0 Å². The first-order valence-electron chi connectivity index (χ1n) is 36.5. The van der Waals surface area contributed by atoms with Crippen LogP contribution >= 0.6 is 15.6 Å². The summed E-state index contributed by atoms with van der Waals surface area (Å²) in [6.07, 6.45) is 47.5. The Balaban J connectivity index is 5.18. The lowest BCUT2D eigenvalue weighted by atomic mass is 10.0. The zero-order chi connectivity index (χ0) is 65.7. The van der Waals surface area contributed by atoms with Gasteiger partial charge in [-0.05, 0) is 37.5 Å². The molecule has 0 aliphatic heterocycles. The Morgan fingerprint density at radius 3 is 0.764 bits per heavy atom. The fraction of sp³-hybridized carbons (Fsp3) is 0.943. The number of hydrogen-bond acceptors (Lipinski definition) is 15. The highest BCUT2D eigenvalue weighted by Gasteiger charge is 2.30. The largest absolute Gasteiger partial charge is 0.472 e. The van der Waals surface area contributed by atoms with Crippen LogP contribution in [0.5, 0.6) is 0 Å². The Morgan fingerprint density at radius 2 is 0.517 bits per heavy atom. The molecule has 0 rings (SSSR count). The summed E-state index contributed by atoms with van der Waals surface area (Å²) in [5, 5.41) is 10.6. The van der Waals surface area contributed by atoms with Gasteiger partial charge in [0.05, 0.1) is 26.4 Å². The molecule has 17 nitrogen and oxygen atoms in total. The van der Waals surface area contributed by atoms with Crippen molar-refractivity contribution < 1.29 is 80.2 Å². The quantitative estimate of drug-likeness (QED) is 0.0222. The molecule has 5 atom stereocenters. The first-order chi connectivity index (χ1) is 42.9. The first kappa shape index (κ1) is 87.1. The van der Waals surface area contributed by atoms with Gasteiger partial charge >= 0.3 is 39.5 Å². The second-order valence-electron chi connectivity index (χ2n) is 26.2. The second-order valence-corrected chi connectivity index (χ2v) is 29.1. The second kappa shape index (κ2) is 62.2. The molecule has 0 amide bonds. The van der Waals surface area contributed by atoms with Gasteiger partial charge in [0.1, 0.15) is 19.3 Å². The van der Waals surface area contributed by atoms with E-state index in [1.165, 1.54) is 167 Å². The van der Waals surface area contributed by atoms with Crippen molar-refractivity contribution in [2.45, 2.75) is 374 Å². The van der Waals surface area contributed by atoms with Gasteiger partial charge < -0.3 is 33.8 Å². The van der Waals surface area contributed by atoms with Gasteiger partial charge in [0, 0.05) is 25.7 Å². The van der Waals surface area contributed by atoms with Crippen LogP contribution in [-0.4, -0.2) is 96.7 Å². The number of rotatable bonds is 69. The maximum Gasteiger partial charge on any atom is 0.472 e. The van der Waals surface area contributed by atoms with Gasteiger partial charge in [-0.3, -0.25) is 37.3 Å². The number of ether oxygens (including phenoxy) is 4. The lowest BCUT2D eigenvalue weighted by molar-refractivity contribution is -0.161. The molecule has 0 aromatic rings. The molecule has 0 aliphatic carbocycles. The fourth-order valence-electron chi connectivity index (χ4n) is 10.6. The molecule has 0 aromatic heterocycles. The molecular formula is C70H136O17P2. The van der Waals surface area contributed by atoms with Crippen LogP contribution in [0.15, 0.2) is 0 Å². The van der Waals surface area contributed by atoms with Crippen molar-refractivity contribution in [2.75, 3.05) is 39.6 Å². The van der Waals surface area contributed by atoms with Crippen LogP contribution in [-0.2, 0) is 65.4 Å². The molecule has 528 valence electrons. The average molecular weight is 1310 g/mol. The highest BCUT2D eigenvalue weighted by molar-refractivity contribution is 7.47. The van der Waals surface area contributed by atoms with Crippen molar-refractivity contribution in [1.29, 1.82) is 0 Å². The SMILES string of the molecule is CCCCCCCCCCCCCCCCCCCCCC(=O)O[C@H](COC(=O)CCCCCCCCCCCCC)COP(=O)(O)OC[C@@H](O)COP(=O)(O)OC[C@@H](COC(=O)CCCCCCCCC(C)C)OC(=O)CCCCCCCCCC(C)C. The van der Waals surface area contributed by atoms with Crippen LogP contribution in [0.25, 0.3) is 0 Å². The first-order valence-corrected chi connectivity index (χ1v) is 39.5. The summed E-state index contributed by atoms with van der Waals surface area (Å²) in [6, 6.07) is 0. The number of phosphoric acid groups is 2. The van der Waals surface area contributed by atoms with E-state index in [0.29, 0.717) is 37.5 Å². The fourth-order valence-corrected chi connectivity index (χ4v) is 12.2. The Bertz CT molecular complexity index is 1730. The van der Waals surface area contributed by atoms with Gasteiger partial charge in [0.2, 0.25) is 0 Å². The predicted molar refractivity (Wildman–Crippen MR) is 358 cm³/mol. The number of aliphatic hydroxyl groups excluding tert-OH is 1. The third kappa shape index (κ3) is 64.6. The Labute approximate surface area is 543 Å². The van der Waals surface area contributed by atoms with Gasteiger partial charge in [-0.2, -0.15) is 0 Å². The van der Waals surface area contributed by atoms with E-state index in [0.717, 1.165) is 96.3 Å². The molecule has 0 bridgehead atoms. The summed E-state index contributed by atoms with van der Waals surface area (Å²) in [7, 11) is -9.90. The normalized spacial score (nSPS) is 14.1. The molecule has 0 saturated carbocycles. The smallest absolute Gasteiger partial charge is 0.462 e. The van der Waals surface area contributed by atoms with E-state index in [1.54, 1.807) is 0 Å². The van der Waals surface area contributed by atoms with Crippen molar-refractivity contribution in [1.82, 2.24) is 0 Å². The lowest BCUT2D eigenvalue weighted by Crippen LogP contribution is -2.30.